The Bertz CT molecular complexity index is 1450. The van der Waals surface area contributed by atoms with E-state index < -0.39 is 5.91 Å². The summed E-state index contributed by atoms with van der Waals surface area (Å²) < 4.78 is 0. The van der Waals surface area contributed by atoms with Crippen LogP contribution in [0.1, 0.15) is 39.1 Å². The Kier molecular flexibility index (Phi) is 6.31. The summed E-state index contributed by atoms with van der Waals surface area (Å²) in [6.45, 7) is 2.29. The van der Waals surface area contributed by atoms with Crippen LogP contribution in [0.15, 0.2) is 61.1 Å². The van der Waals surface area contributed by atoms with Gasteiger partial charge in [0.15, 0.2) is 0 Å². The quantitative estimate of drug-likeness (QED) is 0.313. The number of benzene rings is 2. The van der Waals surface area contributed by atoms with Gasteiger partial charge in [0, 0.05) is 42.5 Å². The summed E-state index contributed by atoms with van der Waals surface area (Å²) in [5, 5.41) is 16.7. The predicted octanol–water partition coefficient (Wildman–Crippen LogP) is 3.29. The zero-order chi connectivity index (χ0) is 25.1. The second-order valence-corrected chi connectivity index (χ2v) is 8.58. The van der Waals surface area contributed by atoms with Crippen molar-refractivity contribution in [2.45, 2.75) is 19.4 Å². The fourth-order valence-electron chi connectivity index (χ4n) is 4.31. The molecule has 0 bridgehead atoms. The lowest BCUT2D eigenvalue weighted by molar-refractivity contribution is 0.0998. The summed E-state index contributed by atoms with van der Waals surface area (Å²) in [6, 6.07) is 13.7. The molecule has 182 valence electrons. The lowest BCUT2D eigenvalue weighted by Gasteiger charge is -2.16. The maximum Gasteiger partial charge on any atom is 0.255 e. The highest BCUT2D eigenvalue weighted by Crippen LogP contribution is 2.28. The summed E-state index contributed by atoms with van der Waals surface area (Å²) in [5.41, 5.74) is 7.99. The van der Waals surface area contributed by atoms with E-state index in [2.05, 4.69) is 30.5 Å². The van der Waals surface area contributed by atoms with Gasteiger partial charge in [0.1, 0.15) is 23.7 Å². The average Bonchev–Trinajstić information content (AvgIpc) is 3.42. The number of hydrogen-bond acceptors (Lipinski definition) is 8. The molecule has 0 unspecified atom stereocenters. The third-order valence-corrected chi connectivity index (χ3v) is 6.07. The van der Waals surface area contributed by atoms with Crippen LogP contribution < -0.4 is 21.3 Å². The SMILES string of the molecule is NC(=O)c1cc(O)cc2c(NCc3cccc(NC(=O)c4ccnc(N5CCCC5)c4)c3)ncnc12. The summed E-state index contributed by atoms with van der Waals surface area (Å²) in [5.74, 6) is 0.257. The molecule has 10 heteroatoms. The van der Waals surface area contributed by atoms with Gasteiger partial charge in [-0.2, -0.15) is 0 Å². The maximum atomic E-state index is 12.9. The molecule has 0 atom stereocenters. The van der Waals surface area contributed by atoms with Crippen molar-refractivity contribution in [3.8, 4) is 5.75 Å². The third kappa shape index (κ3) is 4.88. The minimum absolute atomic E-state index is 0.108. The Morgan fingerprint density at radius 3 is 2.67 bits per heavy atom. The highest BCUT2D eigenvalue weighted by molar-refractivity contribution is 6.07. The van der Waals surface area contributed by atoms with E-state index >= 15 is 0 Å². The van der Waals surface area contributed by atoms with Crippen molar-refractivity contribution in [1.29, 1.82) is 0 Å². The first-order valence-electron chi connectivity index (χ1n) is 11.6. The molecule has 1 saturated heterocycles. The number of fused-ring (bicyclic) bond motifs is 1. The highest BCUT2D eigenvalue weighted by atomic mass is 16.3. The molecule has 4 aromatic rings. The smallest absolute Gasteiger partial charge is 0.255 e. The monoisotopic (exact) mass is 483 g/mol. The summed E-state index contributed by atoms with van der Waals surface area (Å²) >= 11 is 0. The van der Waals surface area contributed by atoms with Crippen molar-refractivity contribution in [3.63, 3.8) is 0 Å². The number of nitrogens with two attached hydrogens (primary N) is 1. The number of nitrogens with zero attached hydrogens (tertiary/aromatic N) is 4. The number of anilines is 3. The number of aromatic nitrogens is 3. The molecule has 2 amide bonds. The van der Waals surface area contributed by atoms with Crippen LogP contribution in [0.2, 0.25) is 0 Å². The van der Waals surface area contributed by atoms with Crippen LogP contribution in [0.4, 0.5) is 17.3 Å². The molecule has 1 fully saturated rings. The molecule has 0 aliphatic carbocycles. The van der Waals surface area contributed by atoms with Gasteiger partial charge in [-0.3, -0.25) is 9.59 Å². The largest absolute Gasteiger partial charge is 0.508 e. The summed E-state index contributed by atoms with van der Waals surface area (Å²) in [6.07, 6.45) is 5.26. The van der Waals surface area contributed by atoms with Crippen LogP contribution in [0.5, 0.6) is 5.75 Å². The number of hydrogen-bond donors (Lipinski definition) is 4. The standard InChI is InChI=1S/C26H25N7O3/c27-24(35)20-12-19(34)13-21-23(20)30-15-31-25(21)29-14-16-4-3-5-18(10-16)32-26(36)17-6-7-28-22(11-17)33-8-1-2-9-33/h3-7,10-13,15,34H,1-2,8-9,14H2,(H2,27,35)(H,32,36)(H,29,30,31). The van der Waals surface area contributed by atoms with E-state index in [4.69, 9.17) is 5.73 Å². The number of phenols is 1. The minimum atomic E-state index is -0.689. The number of pyridine rings is 1. The van der Waals surface area contributed by atoms with Crippen LogP contribution in [0.3, 0.4) is 0 Å². The molecule has 2 aromatic carbocycles. The van der Waals surface area contributed by atoms with Crippen molar-refractivity contribution in [3.05, 3.63) is 77.7 Å². The number of rotatable bonds is 7. The van der Waals surface area contributed by atoms with Crippen molar-refractivity contribution in [2.75, 3.05) is 28.6 Å². The van der Waals surface area contributed by atoms with Crippen molar-refractivity contribution in [1.82, 2.24) is 15.0 Å². The molecular formula is C26H25N7O3. The zero-order valence-electron chi connectivity index (χ0n) is 19.4. The third-order valence-electron chi connectivity index (χ3n) is 6.07. The average molecular weight is 484 g/mol. The van der Waals surface area contributed by atoms with Crippen LogP contribution in [0, 0.1) is 0 Å². The molecular weight excluding hydrogens is 458 g/mol. The molecule has 5 rings (SSSR count). The second kappa shape index (κ2) is 9.87. The predicted molar refractivity (Wildman–Crippen MR) is 137 cm³/mol. The Labute approximate surface area is 207 Å². The number of carbonyl (C=O) groups is 2. The molecule has 0 radical (unpaired) electrons. The van der Waals surface area contributed by atoms with Gasteiger partial charge >= 0.3 is 0 Å². The number of phenolic OH excluding ortho intramolecular Hbond substituents is 1. The van der Waals surface area contributed by atoms with Crippen LogP contribution in [0.25, 0.3) is 10.9 Å². The van der Waals surface area contributed by atoms with Gasteiger partial charge in [-0.15, -0.1) is 0 Å². The van der Waals surface area contributed by atoms with Gasteiger partial charge in [0.2, 0.25) is 0 Å². The van der Waals surface area contributed by atoms with Crippen molar-refractivity contribution in [2.24, 2.45) is 5.73 Å². The lowest BCUT2D eigenvalue weighted by atomic mass is 10.1. The molecule has 1 aliphatic heterocycles. The second-order valence-electron chi connectivity index (χ2n) is 8.58. The van der Waals surface area contributed by atoms with E-state index in [0.29, 0.717) is 34.5 Å². The number of amides is 2. The van der Waals surface area contributed by atoms with Crippen LogP contribution in [-0.2, 0) is 6.54 Å². The topological polar surface area (TPSA) is 146 Å². The number of nitrogens with one attached hydrogen (secondary N) is 2. The summed E-state index contributed by atoms with van der Waals surface area (Å²) in [4.78, 5) is 39.6. The summed E-state index contributed by atoms with van der Waals surface area (Å²) in [7, 11) is 0. The van der Waals surface area contributed by atoms with Crippen LogP contribution in [-0.4, -0.2) is 45.0 Å². The van der Waals surface area contributed by atoms with Gasteiger partial charge in [-0.05, 0) is 54.8 Å². The Balaban J connectivity index is 1.30. The fourth-order valence-corrected chi connectivity index (χ4v) is 4.31. The number of aromatic hydroxyl groups is 1. The molecule has 1 aliphatic rings. The molecule has 5 N–H and O–H groups in total. The number of carbonyl (C=O) groups excluding carboxylic acids is 2. The molecule has 0 spiro atoms. The normalized spacial score (nSPS) is 13.1. The molecule has 10 nitrogen and oxygen atoms in total. The lowest BCUT2D eigenvalue weighted by Crippen LogP contribution is -2.20. The minimum Gasteiger partial charge on any atom is -0.508 e. The van der Waals surface area contributed by atoms with Crippen LogP contribution >= 0.6 is 0 Å². The van der Waals surface area contributed by atoms with E-state index in [1.165, 1.54) is 18.5 Å². The van der Waals surface area contributed by atoms with E-state index in [1.807, 2.05) is 30.3 Å². The van der Waals surface area contributed by atoms with Crippen molar-refractivity contribution >= 4 is 40.0 Å². The van der Waals surface area contributed by atoms with E-state index in [0.717, 1.165) is 37.3 Å². The Hall–Kier alpha value is -4.73. The van der Waals surface area contributed by atoms with Gasteiger partial charge in [-0.25, -0.2) is 15.0 Å². The van der Waals surface area contributed by atoms with E-state index in [1.54, 1.807) is 12.3 Å². The Morgan fingerprint density at radius 2 is 1.86 bits per heavy atom. The molecule has 0 saturated carbocycles. The fraction of sp³-hybridized carbons (Fsp3) is 0.192. The van der Waals surface area contributed by atoms with Gasteiger partial charge < -0.3 is 26.4 Å². The first kappa shape index (κ1) is 23.0. The van der Waals surface area contributed by atoms with E-state index in [9.17, 15) is 14.7 Å². The molecule has 36 heavy (non-hydrogen) atoms. The molecule has 2 aromatic heterocycles. The maximum absolute atomic E-state index is 12.9. The Morgan fingerprint density at radius 1 is 1.03 bits per heavy atom. The highest BCUT2D eigenvalue weighted by Gasteiger charge is 2.16. The number of primary amides is 1. The van der Waals surface area contributed by atoms with E-state index in [-0.39, 0.29) is 17.2 Å². The molecule has 3 heterocycles. The first-order chi connectivity index (χ1) is 17.5. The zero-order valence-corrected chi connectivity index (χ0v) is 19.4. The van der Waals surface area contributed by atoms with Gasteiger partial charge in [0.05, 0.1) is 11.1 Å². The first-order valence-corrected chi connectivity index (χ1v) is 11.6. The van der Waals surface area contributed by atoms with Gasteiger partial charge in [0.25, 0.3) is 11.8 Å². The van der Waals surface area contributed by atoms with Gasteiger partial charge in [-0.1, -0.05) is 12.1 Å². The van der Waals surface area contributed by atoms with Crippen molar-refractivity contribution < 1.29 is 14.7 Å².